The maximum Gasteiger partial charge on any atom is 0.225 e. The Hall–Kier alpha value is -2.60. The summed E-state index contributed by atoms with van der Waals surface area (Å²) in [5, 5.41) is 12.9. The maximum atomic E-state index is 11.5. The van der Waals surface area contributed by atoms with Gasteiger partial charge in [-0.2, -0.15) is 0 Å². The van der Waals surface area contributed by atoms with Crippen LogP contribution in [-0.4, -0.2) is 21.5 Å². The number of nitrogens with zero attached hydrogens (tertiary/aromatic N) is 1. The average molecular weight is 323 g/mol. The van der Waals surface area contributed by atoms with E-state index < -0.39 is 0 Å². The number of rotatable bonds is 3. The fourth-order valence-corrected chi connectivity index (χ4v) is 3.78. The van der Waals surface area contributed by atoms with Crippen molar-refractivity contribution in [3.63, 3.8) is 0 Å². The Kier molecular flexibility index (Phi) is 2.58. The van der Waals surface area contributed by atoms with Gasteiger partial charge in [0.2, 0.25) is 5.91 Å². The number of phenols is 1. The number of hydrogen-bond donors (Lipinski definition) is 3. The largest absolute Gasteiger partial charge is 0.508 e. The van der Waals surface area contributed by atoms with Crippen molar-refractivity contribution in [1.82, 2.24) is 4.98 Å². The van der Waals surface area contributed by atoms with Crippen LogP contribution in [-0.2, 0) is 11.2 Å². The predicted octanol–water partition coefficient (Wildman–Crippen LogP) is 2.28. The summed E-state index contributed by atoms with van der Waals surface area (Å²) in [6, 6.07) is 7.06. The van der Waals surface area contributed by atoms with Gasteiger partial charge in [-0.25, -0.2) is 4.98 Å². The van der Waals surface area contributed by atoms with Gasteiger partial charge in [-0.3, -0.25) is 4.79 Å². The van der Waals surface area contributed by atoms with Gasteiger partial charge in [0.15, 0.2) is 0 Å². The number of aromatic nitrogens is 1. The number of aromatic hydroxyl groups is 1. The molecule has 2 aliphatic carbocycles. The molecule has 1 aromatic carbocycles. The molecule has 2 fully saturated rings. The molecule has 2 heterocycles. The summed E-state index contributed by atoms with van der Waals surface area (Å²) in [5.41, 5.74) is 7.85. The van der Waals surface area contributed by atoms with E-state index in [9.17, 15) is 9.90 Å². The number of ether oxygens (including phenoxy) is 1. The number of pyridine rings is 1. The van der Waals surface area contributed by atoms with Crippen molar-refractivity contribution in [2.24, 2.45) is 11.7 Å². The molecule has 4 N–H and O–H groups in total. The lowest BCUT2D eigenvalue weighted by atomic mass is 10.00. The first kappa shape index (κ1) is 13.8. The number of hydrogen-bond acceptors (Lipinski definition) is 5. The van der Waals surface area contributed by atoms with Crippen LogP contribution in [0.15, 0.2) is 30.5 Å². The lowest BCUT2D eigenvalue weighted by Gasteiger charge is -2.19. The van der Waals surface area contributed by atoms with Crippen LogP contribution in [0.1, 0.15) is 29.9 Å². The molecule has 6 heteroatoms. The summed E-state index contributed by atoms with van der Waals surface area (Å²) in [5.74, 6) is 2.89. The van der Waals surface area contributed by atoms with E-state index in [0.29, 0.717) is 36.1 Å². The molecule has 1 amide bonds. The summed E-state index contributed by atoms with van der Waals surface area (Å²) in [7, 11) is 0. The highest BCUT2D eigenvalue weighted by atomic mass is 16.5. The summed E-state index contributed by atoms with van der Waals surface area (Å²) in [6.07, 6.45) is 3.69. The molecular formula is C18H17N3O3. The second-order valence-electron chi connectivity index (χ2n) is 6.91. The Bertz CT molecular complexity index is 882. The van der Waals surface area contributed by atoms with Gasteiger partial charge >= 0.3 is 0 Å². The normalized spacial score (nSPS) is 29.3. The van der Waals surface area contributed by atoms with Crippen LogP contribution in [0.4, 0.5) is 5.82 Å². The van der Waals surface area contributed by atoms with Crippen LogP contribution in [0.3, 0.4) is 0 Å². The smallest absolute Gasteiger partial charge is 0.225 e. The second-order valence-corrected chi connectivity index (χ2v) is 6.91. The highest BCUT2D eigenvalue weighted by Gasteiger charge is 2.77. The highest BCUT2D eigenvalue weighted by Crippen LogP contribution is 2.76. The number of nitrogens with one attached hydrogen (secondary N) is 1. The fourth-order valence-electron chi connectivity index (χ4n) is 3.78. The van der Waals surface area contributed by atoms with Gasteiger partial charge in [0.1, 0.15) is 23.1 Å². The van der Waals surface area contributed by atoms with E-state index >= 15 is 0 Å². The lowest BCUT2D eigenvalue weighted by Crippen LogP contribution is -2.20. The molecule has 122 valence electrons. The molecule has 3 aliphatic rings. The summed E-state index contributed by atoms with van der Waals surface area (Å²) in [6.45, 7) is 0. The topological polar surface area (TPSA) is 97.5 Å². The second kappa shape index (κ2) is 4.48. The van der Waals surface area contributed by atoms with Crippen LogP contribution >= 0.6 is 0 Å². The van der Waals surface area contributed by atoms with Gasteiger partial charge in [0.05, 0.1) is 0 Å². The minimum Gasteiger partial charge on any atom is -0.508 e. The zero-order chi connectivity index (χ0) is 16.5. The molecule has 6 nitrogen and oxygen atoms in total. The van der Waals surface area contributed by atoms with Crippen molar-refractivity contribution < 1.29 is 14.6 Å². The molecule has 3 atom stereocenters. The Morgan fingerprint density at radius 1 is 1.33 bits per heavy atom. The number of nitrogens with two attached hydrogens (primary N) is 1. The first-order chi connectivity index (χ1) is 11.6. The van der Waals surface area contributed by atoms with Crippen LogP contribution < -0.4 is 15.8 Å². The summed E-state index contributed by atoms with van der Waals surface area (Å²) in [4.78, 5) is 15.7. The first-order valence-electron chi connectivity index (χ1n) is 8.13. The third kappa shape index (κ3) is 1.93. The van der Waals surface area contributed by atoms with E-state index in [1.165, 1.54) is 0 Å². The molecule has 2 saturated carbocycles. The Labute approximate surface area is 138 Å². The van der Waals surface area contributed by atoms with Crippen molar-refractivity contribution in [3.8, 4) is 17.2 Å². The van der Waals surface area contributed by atoms with Gasteiger partial charge in [-0.1, -0.05) is 0 Å². The number of phenolic OH excluding ortho intramolecular Hbond substituents is 1. The van der Waals surface area contributed by atoms with Crippen molar-refractivity contribution in [2.45, 2.75) is 30.7 Å². The summed E-state index contributed by atoms with van der Waals surface area (Å²) >= 11 is 0. The molecule has 1 aliphatic heterocycles. The molecule has 0 spiro atoms. The van der Waals surface area contributed by atoms with Crippen molar-refractivity contribution >= 4 is 11.7 Å². The summed E-state index contributed by atoms with van der Waals surface area (Å²) < 4.78 is 6.03. The van der Waals surface area contributed by atoms with E-state index in [0.717, 1.165) is 17.5 Å². The van der Waals surface area contributed by atoms with E-state index in [1.807, 2.05) is 6.07 Å². The van der Waals surface area contributed by atoms with E-state index in [4.69, 9.17) is 10.5 Å². The lowest BCUT2D eigenvalue weighted by molar-refractivity contribution is -0.116. The zero-order valence-electron chi connectivity index (χ0n) is 13.0. The molecule has 0 saturated heterocycles. The minimum absolute atomic E-state index is 0.0275. The van der Waals surface area contributed by atoms with Crippen LogP contribution in [0.2, 0.25) is 0 Å². The third-order valence-corrected chi connectivity index (χ3v) is 5.41. The van der Waals surface area contributed by atoms with Gasteiger partial charge in [-0.05, 0) is 43.0 Å². The van der Waals surface area contributed by atoms with Crippen LogP contribution in [0.25, 0.3) is 0 Å². The molecule has 1 aromatic heterocycles. The van der Waals surface area contributed by atoms with Gasteiger partial charge in [0, 0.05) is 35.2 Å². The third-order valence-electron chi connectivity index (χ3n) is 5.41. The predicted molar refractivity (Wildman–Crippen MR) is 87.1 cm³/mol. The van der Waals surface area contributed by atoms with Crippen LogP contribution in [0, 0.1) is 5.92 Å². The van der Waals surface area contributed by atoms with E-state index in [2.05, 4.69) is 10.3 Å². The van der Waals surface area contributed by atoms with Gasteiger partial charge < -0.3 is 20.9 Å². The number of amides is 1. The number of carbonyl (C=O) groups excluding carboxylic acids is 1. The fraction of sp³-hybridized carbons (Fsp3) is 0.333. The molecule has 2 aromatic rings. The monoisotopic (exact) mass is 323 g/mol. The molecule has 24 heavy (non-hydrogen) atoms. The number of benzene rings is 1. The molecule has 0 bridgehead atoms. The van der Waals surface area contributed by atoms with Crippen molar-refractivity contribution in [1.29, 1.82) is 0 Å². The van der Waals surface area contributed by atoms with E-state index in [1.54, 1.807) is 24.4 Å². The van der Waals surface area contributed by atoms with Crippen LogP contribution in [0.5, 0.6) is 17.2 Å². The Morgan fingerprint density at radius 2 is 2.17 bits per heavy atom. The standard InChI is InChI=1S/C18H17N3O3/c19-18-8-12(18)16(18)11-7-9(1-3-13(11)22)24-14-5-6-20-17-10(14)2-4-15(23)21-17/h1,3,5-7,12,16,22H,2,4,8,19H2,(H,20,21,23)/t12-,16+,18-/m0/s1. The maximum absolute atomic E-state index is 11.5. The molecule has 0 radical (unpaired) electrons. The number of fused-ring (bicyclic) bond motifs is 2. The van der Waals surface area contributed by atoms with Gasteiger partial charge in [0.25, 0.3) is 0 Å². The SMILES string of the molecule is N[C@@]12C[C@H]1[C@H]2c1cc(Oc2ccnc3c2CCC(=O)N3)ccc1O. The van der Waals surface area contributed by atoms with E-state index in [-0.39, 0.29) is 23.1 Å². The first-order valence-corrected chi connectivity index (χ1v) is 8.13. The zero-order valence-corrected chi connectivity index (χ0v) is 13.0. The van der Waals surface area contributed by atoms with Crippen molar-refractivity contribution in [3.05, 3.63) is 41.6 Å². The molecule has 5 rings (SSSR count). The Balaban J connectivity index is 1.46. The van der Waals surface area contributed by atoms with Gasteiger partial charge in [-0.15, -0.1) is 0 Å². The van der Waals surface area contributed by atoms with Crippen molar-refractivity contribution in [2.75, 3.05) is 5.32 Å². The number of carbonyl (C=O) groups is 1. The average Bonchev–Trinajstić information content (AvgIpc) is 3.39. The Morgan fingerprint density at radius 3 is 2.92 bits per heavy atom. The molecule has 0 unspecified atom stereocenters. The minimum atomic E-state index is -0.101. The quantitative estimate of drug-likeness (QED) is 0.805. The number of anilines is 1. The highest BCUT2D eigenvalue weighted by molar-refractivity contribution is 5.93. The molecular weight excluding hydrogens is 306 g/mol.